The largest absolute Gasteiger partial charge is 0.464 e. The van der Waals surface area contributed by atoms with E-state index in [1.54, 1.807) is 18.7 Å². The highest BCUT2D eigenvalue weighted by Crippen LogP contribution is 2.40. The van der Waals surface area contributed by atoms with Gasteiger partial charge in [0.05, 0.1) is 45.3 Å². The predicted octanol–water partition coefficient (Wildman–Crippen LogP) is 2.13. The van der Waals surface area contributed by atoms with Crippen molar-refractivity contribution >= 4 is 29.3 Å². The third kappa shape index (κ3) is 7.10. The van der Waals surface area contributed by atoms with Crippen LogP contribution in [0.3, 0.4) is 0 Å². The molecule has 9 nitrogen and oxygen atoms in total. The van der Waals surface area contributed by atoms with Gasteiger partial charge in [0.25, 0.3) is 0 Å². The standard InChI is InChI=1S/C27H36N4O5S/c1-2-36-26(33)27(28,19-32)20-35-18-17-34-16-15-30-11-13-31(14-12-30)25-21-7-3-5-9-23(21)37-24-10-6-4-8-22(24)29-25/h3-10,32H,2,11-20,28H2,1H3. The molecule has 0 amide bonds. The van der Waals surface area contributed by atoms with Crippen LogP contribution in [0.2, 0.25) is 0 Å². The highest BCUT2D eigenvalue weighted by molar-refractivity contribution is 7.99. The molecule has 1 unspecified atom stereocenters. The highest BCUT2D eigenvalue weighted by Gasteiger charge is 2.35. The zero-order valence-corrected chi connectivity index (χ0v) is 22.1. The number of rotatable bonds is 11. The molecule has 2 heterocycles. The molecule has 0 radical (unpaired) electrons. The fraction of sp³-hybridized carbons (Fsp3) is 0.481. The molecule has 0 aromatic heterocycles. The van der Waals surface area contributed by atoms with Crippen molar-refractivity contribution in [2.45, 2.75) is 22.3 Å². The minimum atomic E-state index is -1.54. The van der Waals surface area contributed by atoms with Gasteiger partial charge in [-0.3, -0.25) is 4.90 Å². The minimum absolute atomic E-state index is 0.121. The monoisotopic (exact) mass is 528 g/mol. The lowest BCUT2D eigenvalue weighted by molar-refractivity contribution is -0.154. The van der Waals surface area contributed by atoms with Crippen molar-refractivity contribution in [3.63, 3.8) is 0 Å². The van der Waals surface area contributed by atoms with Crippen molar-refractivity contribution in [2.75, 3.05) is 72.4 Å². The molecule has 0 saturated carbocycles. The Bertz CT molecular complexity index is 1080. The fourth-order valence-corrected chi connectivity index (χ4v) is 5.22. The predicted molar refractivity (Wildman–Crippen MR) is 143 cm³/mol. The summed E-state index contributed by atoms with van der Waals surface area (Å²) in [5.74, 6) is 0.376. The van der Waals surface area contributed by atoms with Crippen LogP contribution in [-0.2, 0) is 19.0 Å². The molecule has 10 heteroatoms. The number of carbonyl (C=O) groups is 1. The van der Waals surface area contributed by atoms with E-state index >= 15 is 0 Å². The molecule has 2 aliphatic heterocycles. The average Bonchev–Trinajstić information content (AvgIpc) is 3.09. The Morgan fingerprint density at radius 2 is 1.73 bits per heavy atom. The summed E-state index contributed by atoms with van der Waals surface area (Å²) in [6.45, 7) is 6.97. The van der Waals surface area contributed by atoms with Crippen molar-refractivity contribution in [1.29, 1.82) is 0 Å². The van der Waals surface area contributed by atoms with E-state index in [1.807, 2.05) is 6.07 Å². The number of hydrogen-bond acceptors (Lipinski definition) is 10. The number of amidine groups is 1. The van der Waals surface area contributed by atoms with Crippen LogP contribution in [0, 0.1) is 0 Å². The number of aliphatic hydroxyl groups is 1. The second kappa shape index (κ2) is 13.4. The van der Waals surface area contributed by atoms with Crippen LogP contribution in [-0.4, -0.2) is 105 Å². The quantitative estimate of drug-likeness (QED) is 0.335. The molecule has 2 aliphatic rings. The van der Waals surface area contributed by atoms with E-state index in [2.05, 4.69) is 52.3 Å². The molecule has 3 N–H and O–H groups in total. The maximum absolute atomic E-state index is 11.9. The Morgan fingerprint density at radius 3 is 2.49 bits per heavy atom. The Hall–Kier alpha value is -2.47. The minimum Gasteiger partial charge on any atom is -0.464 e. The maximum Gasteiger partial charge on any atom is 0.330 e. The molecule has 2 aromatic carbocycles. The molecule has 37 heavy (non-hydrogen) atoms. The van der Waals surface area contributed by atoms with Crippen LogP contribution in [0.1, 0.15) is 12.5 Å². The Kier molecular flexibility index (Phi) is 9.95. The topological polar surface area (TPSA) is 110 Å². The molecule has 1 fully saturated rings. The second-order valence-corrected chi connectivity index (χ2v) is 10.1. The lowest BCUT2D eigenvalue weighted by Crippen LogP contribution is -2.56. The van der Waals surface area contributed by atoms with Gasteiger partial charge in [-0.15, -0.1) is 0 Å². The number of nitrogens with zero attached hydrogens (tertiary/aromatic N) is 3. The van der Waals surface area contributed by atoms with Crippen LogP contribution in [0.5, 0.6) is 0 Å². The van der Waals surface area contributed by atoms with Gasteiger partial charge in [0.2, 0.25) is 0 Å². The molecule has 2 aromatic rings. The highest BCUT2D eigenvalue weighted by atomic mass is 32.2. The van der Waals surface area contributed by atoms with E-state index < -0.39 is 18.1 Å². The van der Waals surface area contributed by atoms with Gasteiger partial charge in [-0.05, 0) is 25.1 Å². The smallest absolute Gasteiger partial charge is 0.330 e. The molecule has 0 spiro atoms. The number of ether oxygens (including phenoxy) is 3. The Morgan fingerprint density at radius 1 is 1.03 bits per heavy atom. The fourth-order valence-electron chi connectivity index (χ4n) is 4.21. The number of carbonyl (C=O) groups excluding carboxylic acids is 1. The van der Waals surface area contributed by atoms with E-state index in [1.165, 1.54) is 15.4 Å². The van der Waals surface area contributed by atoms with Crippen molar-refractivity contribution in [2.24, 2.45) is 10.7 Å². The number of fused-ring (bicyclic) bond motifs is 2. The van der Waals surface area contributed by atoms with Gasteiger partial charge in [0, 0.05) is 48.1 Å². The average molecular weight is 529 g/mol. The molecule has 1 saturated heterocycles. The number of esters is 1. The lowest BCUT2D eigenvalue weighted by Gasteiger charge is -2.36. The van der Waals surface area contributed by atoms with Gasteiger partial charge in [0.15, 0.2) is 5.54 Å². The molecule has 200 valence electrons. The van der Waals surface area contributed by atoms with Crippen LogP contribution >= 0.6 is 11.8 Å². The molecular weight excluding hydrogens is 492 g/mol. The SMILES string of the molecule is CCOC(=O)C(N)(CO)COCCOCCN1CCN(C2=Nc3ccccc3Sc3ccccc32)CC1. The summed E-state index contributed by atoms with van der Waals surface area (Å²) in [5.41, 5.74) is 6.54. The lowest BCUT2D eigenvalue weighted by atomic mass is 10.0. The van der Waals surface area contributed by atoms with E-state index in [0.29, 0.717) is 13.2 Å². The van der Waals surface area contributed by atoms with Crippen LogP contribution < -0.4 is 5.73 Å². The first-order chi connectivity index (χ1) is 18.0. The van der Waals surface area contributed by atoms with Crippen LogP contribution in [0.25, 0.3) is 0 Å². The second-order valence-electron chi connectivity index (χ2n) is 9.03. The number of benzene rings is 2. The summed E-state index contributed by atoms with van der Waals surface area (Å²) in [6, 6.07) is 16.8. The van der Waals surface area contributed by atoms with Crippen molar-refractivity contribution in [3.8, 4) is 0 Å². The number of nitrogens with two attached hydrogens (primary N) is 1. The third-order valence-electron chi connectivity index (χ3n) is 6.36. The number of aliphatic imine (C=N–C) groups is 1. The van der Waals surface area contributed by atoms with Crippen LogP contribution in [0.15, 0.2) is 63.3 Å². The first-order valence-corrected chi connectivity index (χ1v) is 13.5. The molecule has 1 atom stereocenters. The number of hydrogen-bond donors (Lipinski definition) is 2. The van der Waals surface area contributed by atoms with Gasteiger partial charge < -0.3 is 30.0 Å². The molecule has 4 rings (SSSR count). The number of piperazine rings is 1. The van der Waals surface area contributed by atoms with Crippen molar-refractivity contribution < 1.29 is 24.1 Å². The van der Waals surface area contributed by atoms with Gasteiger partial charge in [-0.1, -0.05) is 42.1 Å². The van der Waals surface area contributed by atoms with E-state index in [9.17, 15) is 9.90 Å². The summed E-state index contributed by atoms with van der Waals surface area (Å²) in [4.78, 5) is 24.1. The molecule has 0 bridgehead atoms. The maximum atomic E-state index is 11.9. The summed E-state index contributed by atoms with van der Waals surface area (Å²) in [5, 5.41) is 9.42. The molecule has 0 aliphatic carbocycles. The number of para-hydroxylation sites is 1. The van der Waals surface area contributed by atoms with E-state index in [0.717, 1.165) is 44.2 Å². The normalized spacial score (nSPS) is 17.3. The first-order valence-electron chi connectivity index (χ1n) is 12.7. The van der Waals surface area contributed by atoms with Gasteiger partial charge in [-0.25, -0.2) is 9.79 Å². The zero-order chi connectivity index (χ0) is 26.1. The molecular formula is C27H36N4O5S. The van der Waals surface area contributed by atoms with Crippen LogP contribution in [0.4, 0.5) is 5.69 Å². The van der Waals surface area contributed by atoms with E-state index in [4.69, 9.17) is 24.9 Å². The summed E-state index contributed by atoms with van der Waals surface area (Å²) in [7, 11) is 0. The number of aliphatic hydroxyl groups excluding tert-OH is 1. The van der Waals surface area contributed by atoms with Crippen molar-refractivity contribution in [3.05, 3.63) is 54.1 Å². The van der Waals surface area contributed by atoms with E-state index in [-0.39, 0.29) is 19.8 Å². The Labute approximate surface area is 222 Å². The zero-order valence-electron chi connectivity index (χ0n) is 21.3. The summed E-state index contributed by atoms with van der Waals surface area (Å²) in [6.07, 6.45) is 0. The van der Waals surface area contributed by atoms with Crippen molar-refractivity contribution in [1.82, 2.24) is 9.80 Å². The Balaban J connectivity index is 1.20. The third-order valence-corrected chi connectivity index (χ3v) is 7.50. The summed E-state index contributed by atoms with van der Waals surface area (Å²) >= 11 is 1.78. The van der Waals surface area contributed by atoms with Gasteiger partial charge >= 0.3 is 5.97 Å². The first kappa shape index (κ1) is 27.6. The van der Waals surface area contributed by atoms with Gasteiger partial charge in [0.1, 0.15) is 5.84 Å². The summed E-state index contributed by atoms with van der Waals surface area (Å²) < 4.78 is 16.1. The van der Waals surface area contributed by atoms with Gasteiger partial charge in [-0.2, -0.15) is 0 Å².